The number of benzene rings is 1. The molecule has 19 heavy (non-hydrogen) atoms. The number of likely N-dealkylation sites (N-methyl/N-ethyl adjacent to an activating group) is 1. The molecule has 0 amide bonds. The van der Waals surface area contributed by atoms with E-state index in [4.69, 9.17) is 10.00 Å². The summed E-state index contributed by atoms with van der Waals surface area (Å²) in [5, 5.41) is 8.55. The summed E-state index contributed by atoms with van der Waals surface area (Å²) in [4.78, 5) is 14.0. The number of hydrogen-bond acceptors (Lipinski definition) is 4. The van der Waals surface area contributed by atoms with E-state index in [1.165, 1.54) is 25.3 Å². The molecule has 0 aliphatic rings. The van der Waals surface area contributed by atoms with Gasteiger partial charge in [-0.25, -0.2) is 4.39 Å². The molecule has 0 aliphatic carbocycles. The van der Waals surface area contributed by atoms with E-state index >= 15 is 0 Å². The number of halogens is 1. The first-order valence-corrected chi connectivity index (χ1v) is 6.08. The van der Waals surface area contributed by atoms with Crippen LogP contribution >= 0.6 is 0 Å². The van der Waals surface area contributed by atoms with Crippen LogP contribution in [0.1, 0.15) is 23.7 Å². The van der Waals surface area contributed by atoms with E-state index in [9.17, 15) is 9.18 Å². The van der Waals surface area contributed by atoms with Gasteiger partial charge in [-0.05, 0) is 24.7 Å². The van der Waals surface area contributed by atoms with Gasteiger partial charge in [-0.15, -0.1) is 0 Å². The zero-order valence-corrected chi connectivity index (χ0v) is 11.1. The van der Waals surface area contributed by atoms with Crippen molar-refractivity contribution in [2.24, 2.45) is 0 Å². The van der Waals surface area contributed by atoms with Crippen LogP contribution in [0, 0.1) is 17.1 Å². The highest BCUT2D eigenvalue weighted by Crippen LogP contribution is 2.20. The number of nitriles is 1. The van der Waals surface area contributed by atoms with E-state index in [2.05, 4.69) is 0 Å². The van der Waals surface area contributed by atoms with Gasteiger partial charge >= 0.3 is 0 Å². The fourth-order valence-electron chi connectivity index (χ4n) is 1.74. The van der Waals surface area contributed by atoms with E-state index in [0.717, 1.165) is 0 Å². The number of Topliss-reactive ketones (excluding diaryl/α,β-unsaturated/α-hetero) is 1. The van der Waals surface area contributed by atoms with Crippen molar-refractivity contribution in [2.45, 2.75) is 13.3 Å². The Hall–Kier alpha value is -1.93. The molecule has 0 spiro atoms. The topological polar surface area (TPSA) is 53.3 Å². The predicted octanol–water partition coefficient (Wildman–Crippen LogP) is 2.25. The van der Waals surface area contributed by atoms with Gasteiger partial charge in [0.2, 0.25) is 0 Å². The lowest BCUT2D eigenvalue weighted by Gasteiger charge is -2.18. The maximum Gasteiger partial charge on any atom is 0.180 e. The Morgan fingerprint density at radius 1 is 1.53 bits per heavy atom. The first-order chi connectivity index (χ1) is 9.12. The summed E-state index contributed by atoms with van der Waals surface area (Å²) in [6.07, 6.45) is 0.363. The maximum absolute atomic E-state index is 13.2. The third kappa shape index (κ3) is 4.34. The average molecular weight is 264 g/mol. The van der Waals surface area contributed by atoms with Gasteiger partial charge < -0.3 is 4.74 Å². The zero-order chi connectivity index (χ0) is 14.3. The molecule has 1 aromatic carbocycles. The lowest BCUT2D eigenvalue weighted by atomic mass is 10.1. The Bertz CT molecular complexity index is 483. The SMILES string of the molecule is CCN(CCC#N)CC(=O)c1cc(F)ccc1OC. The van der Waals surface area contributed by atoms with Crippen LogP contribution in [0.2, 0.25) is 0 Å². The quantitative estimate of drug-likeness (QED) is 0.709. The van der Waals surface area contributed by atoms with Crippen LogP contribution in [0.3, 0.4) is 0 Å². The third-order valence-corrected chi connectivity index (χ3v) is 2.82. The Labute approximate surface area is 112 Å². The van der Waals surface area contributed by atoms with Crippen molar-refractivity contribution in [3.63, 3.8) is 0 Å². The van der Waals surface area contributed by atoms with E-state index < -0.39 is 5.82 Å². The highest BCUT2D eigenvalue weighted by molar-refractivity contribution is 6.00. The normalized spacial score (nSPS) is 10.3. The Balaban J connectivity index is 2.82. The molecule has 0 saturated heterocycles. The molecule has 102 valence electrons. The van der Waals surface area contributed by atoms with E-state index in [0.29, 0.717) is 25.3 Å². The van der Waals surface area contributed by atoms with Crippen LogP contribution in [-0.2, 0) is 0 Å². The minimum absolute atomic E-state index is 0.151. The highest BCUT2D eigenvalue weighted by atomic mass is 19.1. The number of carbonyl (C=O) groups excluding carboxylic acids is 1. The molecule has 4 nitrogen and oxygen atoms in total. The summed E-state index contributed by atoms with van der Waals surface area (Å²) >= 11 is 0. The summed E-state index contributed by atoms with van der Waals surface area (Å²) in [5.74, 6) is -0.317. The van der Waals surface area contributed by atoms with Crippen LogP contribution < -0.4 is 4.74 Å². The van der Waals surface area contributed by atoms with Crippen LogP contribution in [0.4, 0.5) is 4.39 Å². The molecule has 5 heteroatoms. The molecule has 0 bridgehead atoms. The largest absolute Gasteiger partial charge is 0.496 e. The monoisotopic (exact) mass is 264 g/mol. The summed E-state index contributed by atoms with van der Waals surface area (Å²) in [5.41, 5.74) is 0.234. The number of nitrogens with zero attached hydrogens (tertiary/aromatic N) is 2. The minimum Gasteiger partial charge on any atom is -0.496 e. The fourth-order valence-corrected chi connectivity index (χ4v) is 1.74. The molecule has 1 aromatic rings. The number of hydrogen-bond donors (Lipinski definition) is 0. The van der Waals surface area contributed by atoms with Crippen molar-refractivity contribution in [3.8, 4) is 11.8 Å². The van der Waals surface area contributed by atoms with Crippen molar-refractivity contribution in [1.29, 1.82) is 5.26 Å². The molecule has 0 N–H and O–H groups in total. The van der Waals surface area contributed by atoms with Gasteiger partial charge in [-0.3, -0.25) is 9.69 Å². The fraction of sp³-hybridized carbons (Fsp3) is 0.429. The van der Waals surface area contributed by atoms with Crippen molar-refractivity contribution in [2.75, 3.05) is 26.7 Å². The number of ketones is 1. The molecule has 0 unspecified atom stereocenters. The third-order valence-electron chi connectivity index (χ3n) is 2.82. The van der Waals surface area contributed by atoms with E-state index in [-0.39, 0.29) is 17.9 Å². The molecule has 0 atom stereocenters. The first kappa shape index (κ1) is 15.1. The molecule has 0 heterocycles. The van der Waals surface area contributed by atoms with Crippen LogP contribution in [0.25, 0.3) is 0 Å². The van der Waals surface area contributed by atoms with Crippen LogP contribution in [0.15, 0.2) is 18.2 Å². The number of rotatable bonds is 7. The molecule has 0 saturated carbocycles. The summed E-state index contributed by atoms with van der Waals surface area (Å²) in [6, 6.07) is 5.91. The van der Waals surface area contributed by atoms with Gasteiger partial charge in [-0.1, -0.05) is 6.92 Å². The molecule has 0 fully saturated rings. The molecule has 0 aliphatic heterocycles. The van der Waals surface area contributed by atoms with Crippen molar-refractivity contribution in [1.82, 2.24) is 4.90 Å². The van der Waals surface area contributed by atoms with E-state index in [1.807, 2.05) is 17.9 Å². The minimum atomic E-state index is -0.468. The van der Waals surface area contributed by atoms with Crippen molar-refractivity contribution in [3.05, 3.63) is 29.6 Å². The zero-order valence-electron chi connectivity index (χ0n) is 11.1. The Kier molecular flexibility index (Phi) is 5.97. The molecule has 1 rings (SSSR count). The van der Waals surface area contributed by atoms with Gasteiger partial charge in [0.15, 0.2) is 5.78 Å². The average Bonchev–Trinajstić information content (AvgIpc) is 2.43. The lowest BCUT2D eigenvalue weighted by Crippen LogP contribution is -2.30. The Morgan fingerprint density at radius 3 is 2.84 bits per heavy atom. The molecule has 0 radical (unpaired) electrons. The second kappa shape index (κ2) is 7.49. The van der Waals surface area contributed by atoms with Crippen LogP contribution in [0.5, 0.6) is 5.75 Å². The van der Waals surface area contributed by atoms with Crippen molar-refractivity contribution < 1.29 is 13.9 Å². The standard InChI is InChI=1S/C14H17FN2O2/c1-3-17(8-4-7-16)10-13(18)12-9-11(15)5-6-14(12)19-2/h5-6,9H,3-4,8,10H2,1-2H3. The number of ether oxygens (including phenoxy) is 1. The van der Waals surface area contributed by atoms with Gasteiger partial charge in [-0.2, -0.15) is 5.26 Å². The second-order valence-corrected chi connectivity index (χ2v) is 4.04. The summed E-state index contributed by atoms with van der Waals surface area (Å²) in [6.45, 7) is 3.24. The smallest absolute Gasteiger partial charge is 0.180 e. The van der Waals surface area contributed by atoms with Gasteiger partial charge in [0.05, 0.1) is 25.3 Å². The van der Waals surface area contributed by atoms with Crippen molar-refractivity contribution >= 4 is 5.78 Å². The molecule has 0 aromatic heterocycles. The maximum atomic E-state index is 13.2. The summed E-state index contributed by atoms with van der Waals surface area (Å²) in [7, 11) is 1.44. The number of carbonyl (C=O) groups is 1. The highest BCUT2D eigenvalue weighted by Gasteiger charge is 2.16. The van der Waals surface area contributed by atoms with Crippen LogP contribution in [-0.4, -0.2) is 37.4 Å². The summed E-state index contributed by atoms with van der Waals surface area (Å²) < 4.78 is 18.3. The number of methoxy groups -OCH3 is 1. The van der Waals surface area contributed by atoms with Gasteiger partial charge in [0.25, 0.3) is 0 Å². The van der Waals surface area contributed by atoms with Gasteiger partial charge in [0, 0.05) is 13.0 Å². The predicted molar refractivity (Wildman–Crippen MR) is 69.6 cm³/mol. The lowest BCUT2D eigenvalue weighted by molar-refractivity contribution is 0.0932. The Morgan fingerprint density at radius 2 is 2.26 bits per heavy atom. The van der Waals surface area contributed by atoms with Gasteiger partial charge in [0.1, 0.15) is 11.6 Å². The second-order valence-electron chi connectivity index (χ2n) is 4.04. The van der Waals surface area contributed by atoms with E-state index in [1.54, 1.807) is 0 Å². The molecular weight excluding hydrogens is 247 g/mol. The first-order valence-electron chi connectivity index (χ1n) is 6.08. The molecular formula is C14H17FN2O2.